The molecule has 3 rings (SSSR count). The van der Waals surface area contributed by atoms with Crippen LogP contribution in [0.15, 0.2) is 66.1 Å². The summed E-state index contributed by atoms with van der Waals surface area (Å²) >= 11 is 1.46. The quantitative estimate of drug-likeness (QED) is 0.328. The second-order valence-corrected chi connectivity index (χ2v) is 10.9. The molecule has 1 fully saturated rings. The van der Waals surface area contributed by atoms with Crippen LogP contribution in [0, 0.1) is 6.92 Å². The van der Waals surface area contributed by atoms with Gasteiger partial charge < -0.3 is 18.9 Å². The van der Waals surface area contributed by atoms with Crippen molar-refractivity contribution in [1.82, 2.24) is 0 Å². The first kappa shape index (κ1) is 26.7. The zero-order valence-corrected chi connectivity index (χ0v) is 21.5. The summed E-state index contributed by atoms with van der Waals surface area (Å²) in [6.07, 6.45) is -0.106. The second-order valence-electron chi connectivity index (χ2n) is 8.12. The van der Waals surface area contributed by atoms with E-state index in [0.717, 1.165) is 28.0 Å². The van der Waals surface area contributed by atoms with Crippen LogP contribution >= 0.6 is 11.8 Å². The van der Waals surface area contributed by atoms with E-state index in [0.29, 0.717) is 0 Å². The molecule has 7 nitrogen and oxygen atoms in total. The topological polar surface area (TPSA) is 80.3 Å². The van der Waals surface area contributed by atoms with Gasteiger partial charge in [0.1, 0.15) is 29.5 Å². The molecule has 186 valence electrons. The van der Waals surface area contributed by atoms with E-state index in [1.807, 2.05) is 62.4 Å². The Morgan fingerprint density at radius 3 is 2.29 bits per heavy atom. The summed E-state index contributed by atoms with van der Waals surface area (Å²) in [5.74, 6) is 0.741. The maximum Gasteiger partial charge on any atom is 0.264 e. The highest BCUT2D eigenvalue weighted by molar-refractivity contribution is 7.99. The Kier molecular flexibility index (Phi) is 9.58. The van der Waals surface area contributed by atoms with Gasteiger partial charge in [0.2, 0.25) is 0 Å². The molecule has 0 amide bonds. The van der Waals surface area contributed by atoms with Crippen molar-refractivity contribution in [2.45, 2.75) is 55.2 Å². The third-order valence-corrected chi connectivity index (χ3v) is 7.02. The average molecular weight is 509 g/mol. The fourth-order valence-electron chi connectivity index (χ4n) is 3.63. The Labute approximate surface area is 206 Å². The minimum Gasteiger partial charge on any atom is -0.497 e. The van der Waals surface area contributed by atoms with Crippen LogP contribution in [0.5, 0.6) is 5.75 Å². The number of hydrogen-bond acceptors (Lipinski definition) is 8. The smallest absolute Gasteiger partial charge is 0.264 e. The molecule has 9 heteroatoms. The van der Waals surface area contributed by atoms with Crippen LogP contribution in [0.1, 0.15) is 18.1 Å². The lowest BCUT2D eigenvalue weighted by Gasteiger charge is -2.44. The molecule has 0 N–H and O–H groups in total. The highest BCUT2D eigenvalue weighted by Gasteiger charge is 2.48. The Balaban J connectivity index is 1.85. The molecule has 5 atom stereocenters. The highest BCUT2D eigenvalue weighted by Crippen LogP contribution is 2.37. The molecular formula is C25H32O7S2. The standard InChI is InChI=1S/C25H32O7S2/c1-6-15-29-24-23(32-34(5,26)27)22(30-16-19-9-11-20(28-4)12-10-19)18(3)31-25(24)33-21-13-7-17(2)8-14-21/h6-14,18,22-25H,1,15-16H2,2-5H3/t18-,22+,23+,24-,25+/m0/s1. The van der Waals surface area contributed by atoms with E-state index in [9.17, 15) is 8.42 Å². The Morgan fingerprint density at radius 2 is 1.71 bits per heavy atom. The van der Waals surface area contributed by atoms with Crippen LogP contribution in [0.4, 0.5) is 0 Å². The summed E-state index contributed by atoms with van der Waals surface area (Å²) in [5, 5.41) is 0. The zero-order valence-electron chi connectivity index (χ0n) is 19.9. The number of thioether (sulfide) groups is 1. The summed E-state index contributed by atoms with van der Waals surface area (Å²) in [7, 11) is -2.19. The van der Waals surface area contributed by atoms with Crippen LogP contribution in [0.2, 0.25) is 0 Å². The molecule has 34 heavy (non-hydrogen) atoms. The van der Waals surface area contributed by atoms with E-state index in [4.69, 9.17) is 23.1 Å². The van der Waals surface area contributed by atoms with Gasteiger partial charge in [-0.1, -0.05) is 47.7 Å². The number of aryl methyl sites for hydroxylation is 1. The monoisotopic (exact) mass is 508 g/mol. The first-order valence-corrected chi connectivity index (χ1v) is 13.6. The molecule has 0 saturated carbocycles. The summed E-state index contributed by atoms with van der Waals surface area (Å²) < 4.78 is 53.6. The van der Waals surface area contributed by atoms with Crippen molar-refractivity contribution in [1.29, 1.82) is 0 Å². The molecule has 0 bridgehead atoms. The van der Waals surface area contributed by atoms with Gasteiger partial charge in [0, 0.05) is 4.90 Å². The van der Waals surface area contributed by atoms with Crippen LogP contribution in [-0.2, 0) is 35.1 Å². The predicted octanol–water partition coefficient (Wildman–Crippen LogP) is 4.34. The van der Waals surface area contributed by atoms with Crippen molar-refractivity contribution in [2.24, 2.45) is 0 Å². The molecule has 1 aliphatic rings. The van der Waals surface area contributed by atoms with E-state index in [1.54, 1.807) is 13.2 Å². The molecule has 0 radical (unpaired) electrons. The largest absolute Gasteiger partial charge is 0.497 e. The maximum absolute atomic E-state index is 12.2. The van der Waals surface area contributed by atoms with E-state index in [-0.39, 0.29) is 13.2 Å². The molecule has 2 aromatic carbocycles. The van der Waals surface area contributed by atoms with Crippen molar-refractivity contribution in [3.8, 4) is 5.75 Å². The third kappa shape index (κ3) is 7.56. The lowest BCUT2D eigenvalue weighted by atomic mass is 10.0. The van der Waals surface area contributed by atoms with Crippen LogP contribution in [-0.4, -0.2) is 58.2 Å². The molecule has 0 spiro atoms. The fourth-order valence-corrected chi connectivity index (χ4v) is 5.41. The Hall–Kier alpha value is -1.88. The Bertz CT molecular complexity index is 1020. The highest BCUT2D eigenvalue weighted by atomic mass is 32.2. The number of hydrogen-bond donors (Lipinski definition) is 0. The summed E-state index contributed by atoms with van der Waals surface area (Å²) in [4.78, 5) is 0.978. The summed E-state index contributed by atoms with van der Waals surface area (Å²) in [5.41, 5.74) is 1.54. The van der Waals surface area contributed by atoms with Crippen LogP contribution in [0.3, 0.4) is 0 Å². The SMILES string of the molecule is C=CCO[C@H]1[C@H](OS(C)(=O)=O)[C@H](OCc2ccc(OC)cc2)[C@H](C)O[C@@H]1Sc1ccc(C)cc1. The van der Waals surface area contributed by atoms with Crippen molar-refractivity contribution in [3.63, 3.8) is 0 Å². The fraction of sp³-hybridized carbons (Fsp3) is 0.440. The molecule has 1 saturated heterocycles. The predicted molar refractivity (Wildman–Crippen MR) is 133 cm³/mol. The number of rotatable bonds is 11. The summed E-state index contributed by atoms with van der Waals surface area (Å²) in [6, 6.07) is 15.5. The molecule has 0 aliphatic carbocycles. The van der Waals surface area contributed by atoms with E-state index in [1.165, 1.54) is 11.8 Å². The molecule has 2 aromatic rings. The van der Waals surface area contributed by atoms with Crippen molar-refractivity contribution in [2.75, 3.05) is 20.0 Å². The first-order valence-electron chi connectivity index (χ1n) is 10.9. The van der Waals surface area contributed by atoms with Crippen LogP contribution in [0.25, 0.3) is 0 Å². The van der Waals surface area contributed by atoms with E-state index in [2.05, 4.69) is 6.58 Å². The molecule has 0 aromatic heterocycles. The first-order chi connectivity index (χ1) is 16.2. The van der Waals surface area contributed by atoms with Crippen molar-refractivity contribution in [3.05, 3.63) is 72.3 Å². The van der Waals surface area contributed by atoms with Gasteiger partial charge in [-0.05, 0) is 43.7 Å². The number of ether oxygens (including phenoxy) is 4. The van der Waals surface area contributed by atoms with Crippen LogP contribution < -0.4 is 4.74 Å². The molecular weight excluding hydrogens is 476 g/mol. The minimum atomic E-state index is -3.80. The molecule has 1 heterocycles. The third-order valence-electron chi connectivity index (χ3n) is 5.29. The average Bonchev–Trinajstić information content (AvgIpc) is 2.79. The lowest BCUT2D eigenvalue weighted by molar-refractivity contribution is -0.213. The van der Waals surface area contributed by atoms with E-state index < -0.39 is 40.0 Å². The number of benzene rings is 2. The van der Waals surface area contributed by atoms with Gasteiger partial charge in [-0.15, -0.1) is 6.58 Å². The minimum absolute atomic E-state index is 0.211. The van der Waals surface area contributed by atoms with Crippen molar-refractivity contribution < 1.29 is 31.5 Å². The van der Waals surface area contributed by atoms with Gasteiger partial charge >= 0.3 is 0 Å². The molecule has 0 unspecified atom stereocenters. The van der Waals surface area contributed by atoms with Gasteiger partial charge in [0.05, 0.1) is 32.7 Å². The summed E-state index contributed by atoms with van der Waals surface area (Å²) in [6.45, 7) is 8.04. The van der Waals surface area contributed by atoms with Gasteiger partial charge in [-0.2, -0.15) is 8.42 Å². The van der Waals surface area contributed by atoms with Gasteiger partial charge in [-0.25, -0.2) is 0 Å². The van der Waals surface area contributed by atoms with Gasteiger partial charge in [0.25, 0.3) is 10.1 Å². The van der Waals surface area contributed by atoms with Gasteiger partial charge in [0.15, 0.2) is 0 Å². The Morgan fingerprint density at radius 1 is 1.03 bits per heavy atom. The van der Waals surface area contributed by atoms with Gasteiger partial charge in [-0.3, -0.25) is 4.18 Å². The maximum atomic E-state index is 12.2. The molecule has 1 aliphatic heterocycles. The lowest BCUT2D eigenvalue weighted by Crippen LogP contribution is -2.59. The zero-order chi connectivity index (χ0) is 24.7. The normalized spacial score (nSPS) is 25.1. The van der Waals surface area contributed by atoms with E-state index >= 15 is 0 Å². The number of methoxy groups -OCH3 is 1. The van der Waals surface area contributed by atoms with Crippen molar-refractivity contribution >= 4 is 21.9 Å². The second kappa shape index (κ2) is 12.2.